The van der Waals surface area contributed by atoms with Crippen LogP contribution in [0.15, 0.2) is 18.2 Å². The van der Waals surface area contributed by atoms with Gasteiger partial charge in [0.05, 0.1) is 11.1 Å². The number of hydrogen-bond donors (Lipinski definition) is 1. The van der Waals surface area contributed by atoms with Crippen molar-refractivity contribution in [2.24, 2.45) is 0 Å². The van der Waals surface area contributed by atoms with Crippen LogP contribution in [0.25, 0.3) is 0 Å². The Hall–Kier alpha value is -0.130. The lowest BCUT2D eigenvalue weighted by Crippen LogP contribution is -2.45. The van der Waals surface area contributed by atoms with E-state index in [0.717, 1.165) is 26.2 Å². The van der Waals surface area contributed by atoms with Crippen LogP contribution in [0, 0.1) is 5.82 Å². The second kappa shape index (κ2) is 8.93. The highest BCUT2D eigenvalue weighted by molar-refractivity contribution is 6.30. The number of halogens is 5. The minimum Gasteiger partial charge on any atom is -0.314 e. The third kappa shape index (κ3) is 4.72. The van der Waals surface area contributed by atoms with E-state index in [0.29, 0.717) is 5.56 Å². The maximum absolute atomic E-state index is 13.4. The van der Waals surface area contributed by atoms with Crippen LogP contribution in [0.3, 0.4) is 0 Å². The number of nitrogens with zero attached hydrogens (tertiary/aromatic N) is 1. The maximum atomic E-state index is 13.4. The molecule has 0 bridgehead atoms. The van der Waals surface area contributed by atoms with E-state index in [-0.39, 0.29) is 35.9 Å². The summed E-state index contributed by atoms with van der Waals surface area (Å²) in [5.74, 6) is -0.488. The van der Waals surface area contributed by atoms with E-state index in [4.69, 9.17) is 11.6 Å². The van der Waals surface area contributed by atoms with Gasteiger partial charge < -0.3 is 5.32 Å². The molecule has 0 saturated carbocycles. The molecule has 1 aliphatic rings. The molecule has 19 heavy (non-hydrogen) atoms. The molecule has 1 aromatic carbocycles. The first-order valence-corrected chi connectivity index (χ1v) is 6.06. The topological polar surface area (TPSA) is 15.3 Å². The Balaban J connectivity index is 0.00000162. The zero-order valence-electron chi connectivity index (χ0n) is 10.2. The van der Waals surface area contributed by atoms with Gasteiger partial charge in [0.2, 0.25) is 0 Å². The van der Waals surface area contributed by atoms with Crippen LogP contribution >= 0.6 is 36.4 Å². The highest BCUT2D eigenvalue weighted by Crippen LogP contribution is 2.25. The van der Waals surface area contributed by atoms with Crippen molar-refractivity contribution in [3.63, 3.8) is 0 Å². The van der Waals surface area contributed by atoms with Crippen LogP contribution in [0.2, 0.25) is 5.02 Å². The number of nitrogens with one attached hydrogen (secondary N) is 1. The molecule has 1 atom stereocenters. The van der Waals surface area contributed by atoms with Crippen molar-refractivity contribution in [2.45, 2.75) is 6.04 Å². The first-order valence-electron chi connectivity index (χ1n) is 5.68. The SMILES string of the molecule is Cl.Cl.FC[C@H](c1ccc(Cl)c(F)c1)N1CCNCC1. The Bertz CT molecular complexity index is 387. The number of benzene rings is 1. The van der Waals surface area contributed by atoms with Crippen molar-refractivity contribution in [3.05, 3.63) is 34.6 Å². The van der Waals surface area contributed by atoms with Crippen molar-refractivity contribution in [1.82, 2.24) is 10.2 Å². The monoisotopic (exact) mass is 332 g/mol. The molecule has 1 saturated heterocycles. The van der Waals surface area contributed by atoms with Gasteiger partial charge in [-0.15, -0.1) is 24.8 Å². The molecule has 2 rings (SSSR count). The van der Waals surface area contributed by atoms with Crippen LogP contribution in [0.1, 0.15) is 11.6 Å². The van der Waals surface area contributed by atoms with Gasteiger partial charge in [0.15, 0.2) is 0 Å². The fourth-order valence-corrected chi connectivity index (χ4v) is 2.23. The Labute approximate surface area is 129 Å². The largest absolute Gasteiger partial charge is 0.314 e. The smallest absolute Gasteiger partial charge is 0.142 e. The first-order chi connectivity index (χ1) is 8.22. The summed E-state index contributed by atoms with van der Waals surface area (Å²) >= 11 is 5.62. The fourth-order valence-electron chi connectivity index (χ4n) is 2.11. The normalized spacial score (nSPS) is 17.2. The second-order valence-electron chi connectivity index (χ2n) is 4.13. The molecular formula is C12H17Cl3F2N2. The summed E-state index contributed by atoms with van der Waals surface area (Å²) in [5.41, 5.74) is 0.649. The van der Waals surface area contributed by atoms with Crippen molar-refractivity contribution < 1.29 is 8.78 Å². The Kier molecular flexibility index (Phi) is 8.86. The summed E-state index contributed by atoms with van der Waals surface area (Å²) in [5, 5.41) is 3.28. The van der Waals surface area contributed by atoms with Crippen LogP contribution in [-0.4, -0.2) is 37.8 Å². The number of hydrogen-bond acceptors (Lipinski definition) is 2. The molecule has 0 amide bonds. The zero-order chi connectivity index (χ0) is 12.3. The average Bonchev–Trinajstić information content (AvgIpc) is 2.36. The molecule has 0 aliphatic carbocycles. The third-order valence-electron chi connectivity index (χ3n) is 3.07. The number of alkyl halides is 1. The third-order valence-corrected chi connectivity index (χ3v) is 3.37. The zero-order valence-corrected chi connectivity index (χ0v) is 12.6. The molecule has 1 fully saturated rings. The van der Waals surface area contributed by atoms with Crippen LogP contribution < -0.4 is 5.32 Å². The molecule has 1 aromatic rings. The van der Waals surface area contributed by atoms with Gasteiger partial charge in [-0.05, 0) is 17.7 Å². The van der Waals surface area contributed by atoms with E-state index in [1.165, 1.54) is 12.1 Å². The molecule has 2 nitrogen and oxygen atoms in total. The Morgan fingerprint density at radius 2 is 1.89 bits per heavy atom. The van der Waals surface area contributed by atoms with Gasteiger partial charge >= 0.3 is 0 Å². The van der Waals surface area contributed by atoms with Gasteiger partial charge in [0, 0.05) is 26.2 Å². The molecule has 0 spiro atoms. The standard InChI is InChI=1S/C12H15ClF2N2.2ClH/c13-10-2-1-9(7-11(10)15)12(8-14)17-5-3-16-4-6-17;;/h1-2,7,12,16H,3-6,8H2;2*1H/t12-;;/m1../s1. The fraction of sp³-hybridized carbons (Fsp3) is 0.500. The molecule has 0 unspecified atom stereocenters. The van der Waals surface area contributed by atoms with Gasteiger partial charge in [-0.25, -0.2) is 8.78 Å². The van der Waals surface area contributed by atoms with Gasteiger partial charge in [-0.3, -0.25) is 4.90 Å². The molecular weight excluding hydrogens is 317 g/mol. The van der Waals surface area contributed by atoms with Gasteiger partial charge in [-0.2, -0.15) is 0 Å². The predicted octanol–water partition coefficient (Wildman–Crippen LogP) is 3.24. The maximum Gasteiger partial charge on any atom is 0.142 e. The van der Waals surface area contributed by atoms with E-state index in [1.54, 1.807) is 6.07 Å². The van der Waals surface area contributed by atoms with Crippen molar-refractivity contribution in [1.29, 1.82) is 0 Å². The van der Waals surface area contributed by atoms with Crippen molar-refractivity contribution in [3.8, 4) is 0 Å². The van der Waals surface area contributed by atoms with Gasteiger partial charge in [0.1, 0.15) is 12.5 Å². The second-order valence-corrected chi connectivity index (χ2v) is 4.54. The lowest BCUT2D eigenvalue weighted by Gasteiger charge is -2.33. The van der Waals surface area contributed by atoms with E-state index in [2.05, 4.69) is 5.32 Å². The van der Waals surface area contributed by atoms with Crippen LogP contribution in [-0.2, 0) is 0 Å². The van der Waals surface area contributed by atoms with Crippen molar-refractivity contribution in [2.75, 3.05) is 32.9 Å². The minimum absolute atomic E-state index is 0. The van der Waals surface area contributed by atoms with E-state index >= 15 is 0 Å². The lowest BCUT2D eigenvalue weighted by atomic mass is 10.1. The summed E-state index contributed by atoms with van der Waals surface area (Å²) in [7, 11) is 0. The summed E-state index contributed by atoms with van der Waals surface area (Å²) in [6.45, 7) is 2.72. The summed E-state index contributed by atoms with van der Waals surface area (Å²) in [6, 6.07) is 4.13. The average molecular weight is 334 g/mol. The minimum atomic E-state index is -0.513. The molecule has 110 valence electrons. The molecule has 0 aromatic heterocycles. The molecule has 1 aliphatic heterocycles. The summed E-state index contributed by atoms with van der Waals surface area (Å²) < 4.78 is 26.5. The molecule has 1 heterocycles. The first kappa shape index (κ1) is 18.9. The summed E-state index contributed by atoms with van der Waals surface area (Å²) in [6.07, 6.45) is 0. The molecule has 1 N–H and O–H groups in total. The van der Waals surface area contributed by atoms with Gasteiger partial charge in [0.25, 0.3) is 0 Å². The molecule has 0 radical (unpaired) electrons. The van der Waals surface area contributed by atoms with Crippen LogP contribution in [0.5, 0.6) is 0 Å². The Morgan fingerprint density at radius 3 is 2.42 bits per heavy atom. The summed E-state index contributed by atoms with van der Waals surface area (Å²) in [4.78, 5) is 2.03. The van der Waals surface area contributed by atoms with Crippen LogP contribution in [0.4, 0.5) is 8.78 Å². The lowest BCUT2D eigenvalue weighted by molar-refractivity contribution is 0.147. The quantitative estimate of drug-likeness (QED) is 0.913. The van der Waals surface area contributed by atoms with E-state index in [1.807, 2.05) is 4.90 Å². The Morgan fingerprint density at radius 1 is 1.26 bits per heavy atom. The van der Waals surface area contributed by atoms with Gasteiger partial charge in [-0.1, -0.05) is 17.7 Å². The molecule has 7 heteroatoms. The van der Waals surface area contributed by atoms with E-state index < -0.39 is 12.5 Å². The highest BCUT2D eigenvalue weighted by Gasteiger charge is 2.22. The van der Waals surface area contributed by atoms with E-state index in [9.17, 15) is 8.78 Å². The van der Waals surface area contributed by atoms with Crippen molar-refractivity contribution >= 4 is 36.4 Å². The predicted molar refractivity (Wildman–Crippen MR) is 79.1 cm³/mol. The number of rotatable bonds is 3. The number of piperazine rings is 1. The highest BCUT2D eigenvalue weighted by atomic mass is 35.5.